The lowest BCUT2D eigenvalue weighted by atomic mass is 9.85. The molecule has 7 heteroatoms. The molecule has 1 aromatic rings. The molecule has 0 N–H and O–H groups in total. The molecule has 1 saturated heterocycles. The average Bonchev–Trinajstić information content (AvgIpc) is 3.33. The summed E-state index contributed by atoms with van der Waals surface area (Å²) in [4.78, 5) is 50.7. The van der Waals surface area contributed by atoms with Crippen LogP contribution >= 0.6 is 0 Å². The lowest BCUT2D eigenvalue weighted by Gasteiger charge is -2.23. The molecule has 0 spiro atoms. The molecular weight excluding hydrogens is 353 g/mol. The number of carbonyl (C=O) groups is 4. The van der Waals surface area contributed by atoms with Gasteiger partial charge in [-0.25, -0.2) is 9.18 Å². The van der Waals surface area contributed by atoms with Crippen LogP contribution in [0, 0.1) is 29.5 Å². The van der Waals surface area contributed by atoms with Crippen molar-refractivity contribution < 1.29 is 28.3 Å². The van der Waals surface area contributed by atoms with E-state index in [0.29, 0.717) is 0 Å². The minimum Gasteiger partial charge on any atom is -0.456 e. The first-order valence-electron chi connectivity index (χ1n) is 8.89. The van der Waals surface area contributed by atoms with Gasteiger partial charge in [0, 0.05) is 5.56 Å². The Hall–Kier alpha value is -2.83. The van der Waals surface area contributed by atoms with Crippen molar-refractivity contribution in [3.8, 4) is 0 Å². The number of likely N-dealkylation sites (tertiary alicyclic amines) is 1. The van der Waals surface area contributed by atoms with Crippen LogP contribution in [-0.4, -0.2) is 41.1 Å². The number of imide groups is 1. The van der Waals surface area contributed by atoms with E-state index in [-0.39, 0.29) is 41.0 Å². The van der Waals surface area contributed by atoms with Crippen molar-refractivity contribution in [1.29, 1.82) is 0 Å². The number of hydrogen-bond acceptors (Lipinski definition) is 5. The van der Waals surface area contributed by atoms with Crippen LogP contribution in [0.1, 0.15) is 23.7 Å². The van der Waals surface area contributed by atoms with Gasteiger partial charge >= 0.3 is 5.97 Å². The predicted molar refractivity (Wildman–Crippen MR) is 90.7 cm³/mol. The Balaban J connectivity index is 1.39. The molecule has 4 rings (SSSR count). The Morgan fingerprint density at radius 3 is 2.22 bits per heavy atom. The number of rotatable bonds is 5. The van der Waals surface area contributed by atoms with Gasteiger partial charge in [-0.05, 0) is 49.4 Å². The van der Waals surface area contributed by atoms with Crippen molar-refractivity contribution in [2.75, 3.05) is 6.61 Å². The number of amides is 2. The van der Waals surface area contributed by atoms with E-state index in [2.05, 4.69) is 0 Å². The van der Waals surface area contributed by atoms with Crippen LogP contribution in [0.5, 0.6) is 0 Å². The Labute approximate surface area is 155 Å². The van der Waals surface area contributed by atoms with E-state index >= 15 is 0 Å². The van der Waals surface area contributed by atoms with Crippen LogP contribution in [0.4, 0.5) is 4.39 Å². The number of fused-ring (bicyclic) bond motifs is 5. The number of halogens is 1. The largest absolute Gasteiger partial charge is 0.456 e. The smallest absolute Gasteiger partial charge is 0.329 e. The zero-order valence-corrected chi connectivity index (χ0v) is 14.6. The first-order valence-corrected chi connectivity index (χ1v) is 8.89. The third-order valence-corrected chi connectivity index (χ3v) is 5.74. The fourth-order valence-electron chi connectivity index (χ4n) is 4.39. The molecule has 1 aromatic carbocycles. The third kappa shape index (κ3) is 2.78. The van der Waals surface area contributed by atoms with Crippen molar-refractivity contribution in [3.63, 3.8) is 0 Å². The second-order valence-corrected chi connectivity index (χ2v) is 7.26. The van der Waals surface area contributed by atoms with Gasteiger partial charge < -0.3 is 4.74 Å². The van der Waals surface area contributed by atoms with Gasteiger partial charge in [0.1, 0.15) is 11.9 Å². The van der Waals surface area contributed by atoms with Crippen LogP contribution < -0.4 is 0 Å². The maximum Gasteiger partial charge on any atom is 0.329 e. The van der Waals surface area contributed by atoms with Gasteiger partial charge in [0.15, 0.2) is 12.4 Å². The van der Waals surface area contributed by atoms with Crippen LogP contribution in [0.3, 0.4) is 0 Å². The molecular formula is C20H18FNO5. The summed E-state index contributed by atoms with van der Waals surface area (Å²) in [5.41, 5.74) is 0.211. The Morgan fingerprint density at radius 2 is 1.67 bits per heavy atom. The number of Topliss-reactive ketones (excluding diaryl/α,β-unsaturated/α-hetero) is 1. The minimum absolute atomic E-state index is 0.0599. The highest BCUT2D eigenvalue weighted by molar-refractivity contribution is 6.09. The molecule has 1 aliphatic heterocycles. The molecule has 0 aromatic heterocycles. The fraction of sp³-hybridized carbons (Fsp3) is 0.400. The molecule has 1 heterocycles. The summed E-state index contributed by atoms with van der Waals surface area (Å²) in [6, 6.07) is 3.79. The molecule has 27 heavy (non-hydrogen) atoms. The van der Waals surface area contributed by atoms with E-state index in [0.717, 1.165) is 23.5 Å². The lowest BCUT2D eigenvalue weighted by molar-refractivity contribution is -0.157. The standard InChI is InChI=1S/C20H18FNO5/c1-10(20(26)27-9-15(23)11-4-6-14(21)7-5-11)22-18(24)16-12-2-3-13(8-12)17(16)19(22)25/h2-7,10,12-13,16-17H,8-9H2,1H3/t10-,12+,13+,16-,17+/m1/s1. The van der Waals surface area contributed by atoms with Crippen molar-refractivity contribution >= 4 is 23.6 Å². The maximum atomic E-state index is 12.9. The second-order valence-electron chi connectivity index (χ2n) is 7.26. The fourth-order valence-corrected chi connectivity index (χ4v) is 4.39. The van der Waals surface area contributed by atoms with Gasteiger partial charge in [0.2, 0.25) is 11.8 Å². The van der Waals surface area contributed by atoms with Crippen LogP contribution in [0.15, 0.2) is 36.4 Å². The molecule has 0 unspecified atom stereocenters. The van der Waals surface area contributed by atoms with Gasteiger partial charge in [-0.1, -0.05) is 12.2 Å². The molecule has 2 fully saturated rings. The van der Waals surface area contributed by atoms with Crippen LogP contribution in [0.2, 0.25) is 0 Å². The first-order chi connectivity index (χ1) is 12.9. The van der Waals surface area contributed by atoms with E-state index in [1.54, 1.807) is 0 Å². The monoisotopic (exact) mass is 371 g/mol. The van der Waals surface area contributed by atoms with E-state index < -0.39 is 30.2 Å². The minimum atomic E-state index is -1.09. The van der Waals surface area contributed by atoms with E-state index in [4.69, 9.17) is 4.74 Å². The van der Waals surface area contributed by atoms with Crippen LogP contribution in [-0.2, 0) is 19.1 Å². The normalized spacial score (nSPS) is 29.2. The summed E-state index contributed by atoms with van der Waals surface area (Å²) in [6.45, 7) is 0.890. The number of esters is 1. The number of nitrogens with zero attached hydrogens (tertiary/aromatic N) is 1. The van der Waals surface area contributed by atoms with E-state index in [9.17, 15) is 23.6 Å². The Morgan fingerprint density at radius 1 is 1.11 bits per heavy atom. The lowest BCUT2D eigenvalue weighted by Crippen LogP contribution is -2.45. The summed E-state index contributed by atoms with van der Waals surface area (Å²) >= 11 is 0. The van der Waals surface area contributed by atoms with Gasteiger partial charge in [0.05, 0.1) is 11.8 Å². The van der Waals surface area contributed by atoms with Gasteiger partial charge in [-0.2, -0.15) is 0 Å². The molecule has 2 amide bonds. The predicted octanol–water partition coefficient (Wildman–Crippen LogP) is 1.75. The zero-order valence-electron chi connectivity index (χ0n) is 14.6. The summed E-state index contributed by atoms with van der Waals surface area (Å²) in [7, 11) is 0. The van der Waals surface area contributed by atoms with Gasteiger partial charge in [-0.15, -0.1) is 0 Å². The zero-order chi connectivity index (χ0) is 19.3. The van der Waals surface area contributed by atoms with E-state index in [1.807, 2.05) is 12.2 Å². The summed E-state index contributed by atoms with van der Waals surface area (Å²) < 4.78 is 17.9. The molecule has 0 radical (unpaired) electrons. The number of hydrogen-bond donors (Lipinski definition) is 0. The molecule has 1 saturated carbocycles. The number of ketones is 1. The highest BCUT2D eigenvalue weighted by Gasteiger charge is 2.60. The van der Waals surface area contributed by atoms with Crippen molar-refractivity contribution in [2.45, 2.75) is 19.4 Å². The summed E-state index contributed by atoms with van der Waals surface area (Å²) in [5.74, 6) is -3.10. The van der Waals surface area contributed by atoms with Crippen molar-refractivity contribution in [1.82, 2.24) is 4.90 Å². The summed E-state index contributed by atoms with van der Waals surface area (Å²) in [6.07, 6.45) is 4.77. The molecule has 6 nitrogen and oxygen atoms in total. The van der Waals surface area contributed by atoms with Crippen LogP contribution in [0.25, 0.3) is 0 Å². The van der Waals surface area contributed by atoms with Gasteiger partial charge in [-0.3, -0.25) is 19.3 Å². The van der Waals surface area contributed by atoms with Crippen molar-refractivity contribution in [3.05, 3.63) is 47.8 Å². The van der Waals surface area contributed by atoms with E-state index in [1.165, 1.54) is 19.1 Å². The Kier molecular flexibility index (Phi) is 4.17. The topological polar surface area (TPSA) is 80.8 Å². The number of allylic oxidation sites excluding steroid dienone is 2. The molecule has 2 aliphatic carbocycles. The number of benzene rings is 1. The molecule has 5 atom stereocenters. The Bertz CT molecular complexity index is 832. The molecule has 3 aliphatic rings. The highest BCUT2D eigenvalue weighted by Crippen LogP contribution is 2.52. The second kappa shape index (κ2) is 6.40. The van der Waals surface area contributed by atoms with Crippen molar-refractivity contribution in [2.24, 2.45) is 23.7 Å². The molecule has 2 bridgehead atoms. The quantitative estimate of drug-likeness (QED) is 0.341. The third-order valence-electron chi connectivity index (χ3n) is 5.74. The first kappa shape index (κ1) is 17.6. The maximum absolute atomic E-state index is 12.9. The average molecular weight is 371 g/mol. The SMILES string of the molecule is C[C@H](C(=O)OCC(=O)c1ccc(F)cc1)N1C(=O)[C@@H]2[C@H](C1=O)[C@H]1C=C[C@H]2C1. The number of ether oxygens (including phenoxy) is 1. The number of carbonyl (C=O) groups excluding carboxylic acids is 4. The molecule has 140 valence electrons. The summed E-state index contributed by atoms with van der Waals surface area (Å²) in [5, 5.41) is 0. The highest BCUT2D eigenvalue weighted by atomic mass is 19.1. The van der Waals surface area contributed by atoms with Gasteiger partial charge in [0.25, 0.3) is 0 Å².